The van der Waals surface area contributed by atoms with Gasteiger partial charge in [0.2, 0.25) is 21.8 Å². The van der Waals surface area contributed by atoms with E-state index in [1.807, 2.05) is 11.6 Å². The summed E-state index contributed by atoms with van der Waals surface area (Å²) in [6.45, 7) is 1.82. The number of hydrogen-bond donors (Lipinski definition) is 2. The minimum absolute atomic E-state index is 0.148. The highest BCUT2D eigenvalue weighted by atomic mass is 32.2. The third kappa shape index (κ3) is 8.56. The third-order valence-electron chi connectivity index (χ3n) is 4.36. The molecule has 0 aliphatic carbocycles. The van der Waals surface area contributed by atoms with E-state index in [0.717, 1.165) is 37.0 Å². The summed E-state index contributed by atoms with van der Waals surface area (Å²) in [6.07, 6.45) is -0.234. The number of nitrogens with one attached hydrogen (secondary N) is 2. The van der Waals surface area contributed by atoms with E-state index in [-0.39, 0.29) is 35.7 Å². The van der Waals surface area contributed by atoms with Gasteiger partial charge in [0.15, 0.2) is 0 Å². The van der Waals surface area contributed by atoms with E-state index in [1.54, 1.807) is 6.07 Å². The zero-order valence-electron chi connectivity index (χ0n) is 18.7. The quantitative estimate of drug-likeness (QED) is 0.281. The molecule has 13 heteroatoms. The van der Waals surface area contributed by atoms with Crippen LogP contribution in [0.3, 0.4) is 0 Å². The van der Waals surface area contributed by atoms with Gasteiger partial charge in [-0.2, -0.15) is 18.4 Å². The standard InChI is InChI=1S/C22H22F4N4O4S/c1-3-4-9-34-21-15(5-7-18(29-21)22(24,25)26)6-8-19(31)28-13-14-10-16(12-27)20(17(23)11-14)30-35(2,32)33/h5-8,10-11,30H,3-4,9,13H2,1-2H3,(H,28,31). The van der Waals surface area contributed by atoms with Gasteiger partial charge in [-0.1, -0.05) is 13.3 Å². The molecule has 0 saturated carbocycles. The first-order chi connectivity index (χ1) is 16.3. The molecule has 0 fully saturated rings. The van der Waals surface area contributed by atoms with Crippen molar-refractivity contribution in [2.24, 2.45) is 0 Å². The van der Waals surface area contributed by atoms with Crippen molar-refractivity contribution >= 4 is 27.7 Å². The fraction of sp³-hybridized carbons (Fsp3) is 0.318. The summed E-state index contributed by atoms with van der Waals surface area (Å²) in [7, 11) is -3.82. The number of sulfonamides is 1. The molecule has 0 radical (unpaired) electrons. The van der Waals surface area contributed by atoms with Crippen LogP contribution in [0, 0.1) is 17.1 Å². The predicted octanol–water partition coefficient (Wildman–Crippen LogP) is 3.99. The largest absolute Gasteiger partial charge is 0.477 e. The van der Waals surface area contributed by atoms with Crippen molar-refractivity contribution in [1.29, 1.82) is 5.26 Å². The van der Waals surface area contributed by atoms with Gasteiger partial charge in [-0.3, -0.25) is 9.52 Å². The topological polar surface area (TPSA) is 121 Å². The molecule has 0 unspecified atom stereocenters. The van der Waals surface area contributed by atoms with E-state index >= 15 is 0 Å². The van der Waals surface area contributed by atoms with E-state index in [4.69, 9.17) is 4.74 Å². The smallest absolute Gasteiger partial charge is 0.433 e. The number of aromatic nitrogens is 1. The average molecular weight is 515 g/mol. The lowest BCUT2D eigenvalue weighted by molar-refractivity contribution is -0.141. The zero-order valence-corrected chi connectivity index (χ0v) is 19.6. The van der Waals surface area contributed by atoms with Crippen molar-refractivity contribution in [3.8, 4) is 11.9 Å². The number of pyridine rings is 1. The molecule has 0 aliphatic rings. The molecule has 0 bridgehead atoms. The van der Waals surface area contributed by atoms with Crippen LogP contribution in [0.15, 0.2) is 30.3 Å². The van der Waals surface area contributed by atoms with Crippen molar-refractivity contribution in [2.45, 2.75) is 32.5 Å². The summed E-state index contributed by atoms with van der Waals surface area (Å²) >= 11 is 0. The van der Waals surface area contributed by atoms with E-state index in [0.29, 0.717) is 6.42 Å². The van der Waals surface area contributed by atoms with E-state index < -0.39 is 39.3 Å². The predicted molar refractivity (Wildman–Crippen MR) is 120 cm³/mol. The molecule has 1 heterocycles. The number of anilines is 1. The van der Waals surface area contributed by atoms with Crippen LogP contribution in [0.1, 0.15) is 42.1 Å². The molecule has 0 aliphatic heterocycles. The summed E-state index contributed by atoms with van der Waals surface area (Å²) in [6, 6.07) is 5.74. The second-order valence-corrected chi connectivity index (χ2v) is 9.08. The summed E-state index contributed by atoms with van der Waals surface area (Å²) < 4.78 is 83.2. The van der Waals surface area contributed by atoms with Crippen LogP contribution in [-0.2, 0) is 27.5 Å². The Kier molecular flexibility index (Phi) is 9.18. The van der Waals surface area contributed by atoms with Crippen LogP contribution in [-0.4, -0.2) is 32.2 Å². The van der Waals surface area contributed by atoms with E-state index in [9.17, 15) is 36.0 Å². The average Bonchev–Trinajstić information content (AvgIpc) is 2.76. The maximum atomic E-state index is 14.3. The normalized spacial score (nSPS) is 11.8. The number of hydrogen-bond acceptors (Lipinski definition) is 6. The van der Waals surface area contributed by atoms with Crippen molar-refractivity contribution < 1.29 is 35.5 Å². The van der Waals surface area contributed by atoms with Crippen molar-refractivity contribution in [3.63, 3.8) is 0 Å². The van der Waals surface area contributed by atoms with Crippen LogP contribution in [0.2, 0.25) is 0 Å². The maximum absolute atomic E-state index is 14.3. The second-order valence-electron chi connectivity index (χ2n) is 7.33. The SMILES string of the molecule is CCCCOc1nc(C(F)(F)F)ccc1C=CC(=O)NCc1cc(F)c(NS(C)(=O)=O)c(C#N)c1. The van der Waals surface area contributed by atoms with Crippen LogP contribution in [0.4, 0.5) is 23.2 Å². The Labute approximate surface area is 199 Å². The molecular weight excluding hydrogens is 492 g/mol. The molecule has 2 aromatic rings. The Bertz CT molecular complexity index is 1260. The Morgan fingerprint density at radius 3 is 2.60 bits per heavy atom. The number of carbonyl (C=O) groups is 1. The lowest BCUT2D eigenvalue weighted by Crippen LogP contribution is -2.21. The number of benzene rings is 1. The highest BCUT2D eigenvalue weighted by Crippen LogP contribution is 2.30. The second kappa shape index (κ2) is 11.7. The van der Waals surface area contributed by atoms with Crippen LogP contribution in [0.5, 0.6) is 5.88 Å². The number of nitriles is 1. The first-order valence-electron chi connectivity index (χ1n) is 10.2. The third-order valence-corrected chi connectivity index (χ3v) is 4.93. The minimum atomic E-state index is -4.66. The number of alkyl halides is 3. The molecule has 0 spiro atoms. The molecule has 188 valence electrons. The number of carbonyl (C=O) groups excluding carboxylic acids is 1. The molecule has 0 saturated heterocycles. The maximum Gasteiger partial charge on any atom is 0.433 e. The minimum Gasteiger partial charge on any atom is -0.477 e. The van der Waals surface area contributed by atoms with E-state index in [2.05, 4.69) is 10.3 Å². The highest BCUT2D eigenvalue weighted by molar-refractivity contribution is 7.92. The van der Waals surface area contributed by atoms with Gasteiger partial charge in [-0.05, 0) is 42.3 Å². The van der Waals surface area contributed by atoms with Crippen LogP contribution >= 0.6 is 0 Å². The molecule has 1 amide bonds. The molecule has 35 heavy (non-hydrogen) atoms. The Balaban J connectivity index is 2.15. The van der Waals surface area contributed by atoms with Gasteiger partial charge in [0, 0.05) is 18.2 Å². The Morgan fingerprint density at radius 1 is 1.29 bits per heavy atom. The fourth-order valence-corrected chi connectivity index (χ4v) is 3.30. The number of amides is 1. The zero-order chi connectivity index (χ0) is 26.2. The van der Waals surface area contributed by atoms with Gasteiger partial charge in [0.25, 0.3) is 0 Å². The number of ether oxygens (including phenoxy) is 1. The van der Waals surface area contributed by atoms with E-state index in [1.165, 1.54) is 12.1 Å². The van der Waals surface area contributed by atoms with Gasteiger partial charge < -0.3 is 10.1 Å². The molecule has 1 aromatic heterocycles. The Hall–Kier alpha value is -3.66. The molecule has 8 nitrogen and oxygen atoms in total. The molecular formula is C22H22F4N4O4S. The van der Waals surface area contributed by atoms with Crippen LogP contribution < -0.4 is 14.8 Å². The highest BCUT2D eigenvalue weighted by Gasteiger charge is 2.33. The lowest BCUT2D eigenvalue weighted by atomic mass is 10.1. The number of nitrogens with zero attached hydrogens (tertiary/aromatic N) is 2. The summed E-state index contributed by atoms with van der Waals surface area (Å²) in [5.41, 5.74) is -1.58. The molecule has 0 atom stereocenters. The summed E-state index contributed by atoms with van der Waals surface area (Å²) in [4.78, 5) is 15.7. The summed E-state index contributed by atoms with van der Waals surface area (Å²) in [5.74, 6) is -1.94. The molecule has 2 N–H and O–H groups in total. The van der Waals surface area contributed by atoms with Gasteiger partial charge >= 0.3 is 6.18 Å². The fourth-order valence-electron chi connectivity index (χ4n) is 2.72. The first kappa shape index (κ1) is 27.6. The summed E-state index contributed by atoms with van der Waals surface area (Å²) in [5, 5.41) is 11.6. The van der Waals surface area contributed by atoms with Crippen molar-refractivity contribution in [3.05, 3.63) is 58.5 Å². The molecule has 2 rings (SSSR count). The van der Waals surface area contributed by atoms with Gasteiger partial charge in [0.05, 0.1) is 18.4 Å². The Morgan fingerprint density at radius 2 is 2.00 bits per heavy atom. The first-order valence-corrected chi connectivity index (χ1v) is 12.1. The van der Waals surface area contributed by atoms with Crippen molar-refractivity contribution in [2.75, 3.05) is 17.6 Å². The van der Waals surface area contributed by atoms with Gasteiger partial charge in [0.1, 0.15) is 23.3 Å². The van der Waals surface area contributed by atoms with Gasteiger partial charge in [-0.25, -0.2) is 17.8 Å². The lowest BCUT2D eigenvalue weighted by Gasteiger charge is -2.12. The number of halogens is 4. The van der Waals surface area contributed by atoms with Crippen LogP contribution in [0.25, 0.3) is 6.08 Å². The number of unbranched alkanes of at least 4 members (excludes halogenated alkanes) is 1. The monoisotopic (exact) mass is 514 g/mol. The number of rotatable bonds is 10. The van der Waals surface area contributed by atoms with Crippen molar-refractivity contribution in [1.82, 2.24) is 10.3 Å². The molecule has 1 aromatic carbocycles. The van der Waals surface area contributed by atoms with Gasteiger partial charge in [-0.15, -0.1) is 0 Å².